The number of carbonyl (C=O) groups is 1. The van der Waals surface area contributed by atoms with Gasteiger partial charge < -0.3 is 5.73 Å². The molecule has 3 N–H and O–H groups in total. The van der Waals surface area contributed by atoms with Gasteiger partial charge in [-0.3, -0.25) is 10.2 Å². The standard InChI is InChI=1S/C10H7BrN4O/c11-10-7(2-1-3-15-10)9(16)8(14)4-6(13)5-12/h1-4,13H,14H2/b8-4-,13-6?. The zero-order chi connectivity index (χ0) is 12.1. The van der Waals surface area contributed by atoms with Gasteiger partial charge in [-0.1, -0.05) is 0 Å². The number of aromatic nitrogens is 1. The van der Waals surface area contributed by atoms with Crippen LogP contribution in [0.15, 0.2) is 34.7 Å². The first-order chi connectivity index (χ1) is 7.56. The van der Waals surface area contributed by atoms with Crippen molar-refractivity contribution in [1.82, 2.24) is 4.98 Å². The molecule has 1 heterocycles. The number of rotatable bonds is 3. The van der Waals surface area contributed by atoms with Crippen LogP contribution in [0.4, 0.5) is 0 Å². The van der Waals surface area contributed by atoms with Crippen molar-refractivity contribution in [2.24, 2.45) is 5.73 Å². The van der Waals surface area contributed by atoms with Crippen LogP contribution in [0.2, 0.25) is 0 Å². The molecule has 1 rings (SSSR count). The van der Waals surface area contributed by atoms with E-state index in [1.54, 1.807) is 18.2 Å². The number of carbonyl (C=O) groups excluding carboxylic acids is 1. The third-order valence-corrected chi connectivity index (χ3v) is 2.32. The molecule has 0 bridgehead atoms. The molecule has 0 aliphatic heterocycles. The number of allylic oxidation sites excluding steroid dienone is 2. The van der Waals surface area contributed by atoms with Crippen LogP contribution in [0.5, 0.6) is 0 Å². The number of Topliss-reactive ketones (excluding diaryl/α,β-unsaturated/α-hetero) is 1. The Morgan fingerprint density at radius 3 is 2.94 bits per heavy atom. The van der Waals surface area contributed by atoms with E-state index in [0.29, 0.717) is 10.2 Å². The largest absolute Gasteiger partial charge is 0.395 e. The second-order valence-electron chi connectivity index (χ2n) is 2.80. The van der Waals surface area contributed by atoms with Gasteiger partial charge in [0.1, 0.15) is 16.4 Å². The molecule has 0 atom stereocenters. The molecule has 0 fully saturated rings. The summed E-state index contributed by atoms with van der Waals surface area (Å²) in [5.74, 6) is -0.472. The Kier molecular flexibility index (Phi) is 3.91. The molecule has 16 heavy (non-hydrogen) atoms. The topological polar surface area (TPSA) is 104 Å². The van der Waals surface area contributed by atoms with Crippen LogP contribution in [-0.4, -0.2) is 16.5 Å². The van der Waals surface area contributed by atoms with Crippen molar-refractivity contribution in [1.29, 1.82) is 10.7 Å². The van der Waals surface area contributed by atoms with Gasteiger partial charge in [0.05, 0.1) is 11.3 Å². The van der Waals surface area contributed by atoms with Gasteiger partial charge in [0, 0.05) is 12.3 Å². The molecule has 0 saturated heterocycles. The molecule has 0 aliphatic carbocycles. The van der Waals surface area contributed by atoms with Gasteiger partial charge in [-0.05, 0) is 28.1 Å². The minimum Gasteiger partial charge on any atom is -0.395 e. The normalized spacial score (nSPS) is 10.6. The Morgan fingerprint density at radius 1 is 1.69 bits per heavy atom. The van der Waals surface area contributed by atoms with Gasteiger partial charge in [-0.25, -0.2) is 4.98 Å². The highest BCUT2D eigenvalue weighted by atomic mass is 79.9. The number of ketones is 1. The third kappa shape index (κ3) is 2.74. The van der Waals surface area contributed by atoms with E-state index in [9.17, 15) is 4.79 Å². The Labute approximate surface area is 100 Å². The van der Waals surface area contributed by atoms with Crippen LogP contribution < -0.4 is 5.73 Å². The van der Waals surface area contributed by atoms with Crippen molar-refractivity contribution in [3.8, 4) is 6.07 Å². The molecule has 5 nitrogen and oxygen atoms in total. The number of hydrogen-bond acceptors (Lipinski definition) is 5. The maximum Gasteiger partial charge on any atom is 0.211 e. The molecule has 0 amide bonds. The van der Waals surface area contributed by atoms with Crippen LogP contribution in [0.3, 0.4) is 0 Å². The van der Waals surface area contributed by atoms with Crippen molar-refractivity contribution in [3.05, 3.63) is 40.3 Å². The molecule has 6 heteroatoms. The fourth-order valence-corrected chi connectivity index (χ4v) is 1.39. The zero-order valence-corrected chi connectivity index (χ0v) is 9.65. The van der Waals surface area contributed by atoms with E-state index in [4.69, 9.17) is 16.4 Å². The summed E-state index contributed by atoms with van der Waals surface area (Å²) < 4.78 is 0.375. The lowest BCUT2D eigenvalue weighted by molar-refractivity contribution is 0.103. The van der Waals surface area contributed by atoms with Gasteiger partial charge in [-0.2, -0.15) is 5.26 Å². The average Bonchev–Trinajstić information content (AvgIpc) is 2.28. The smallest absolute Gasteiger partial charge is 0.211 e. The number of nitrogens with two attached hydrogens (primary N) is 1. The van der Waals surface area contributed by atoms with Gasteiger partial charge in [0.15, 0.2) is 0 Å². The highest BCUT2D eigenvalue weighted by Crippen LogP contribution is 2.15. The summed E-state index contributed by atoms with van der Waals surface area (Å²) in [6.45, 7) is 0. The van der Waals surface area contributed by atoms with Crippen molar-refractivity contribution in [3.63, 3.8) is 0 Å². The summed E-state index contributed by atoms with van der Waals surface area (Å²) in [5.41, 5.74) is 5.22. The van der Waals surface area contributed by atoms with E-state index in [2.05, 4.69) is 20.9 Å². The lowest BCUT2D eigenvalue weighted by atomic mass is 10.1. The summed E-state index contributed by atoms with van der Waals surface area (Å²) in [7, 11) is 0. The van der Waals surface area contributed by atoms with Crippen LogP contribution in [0, 0.1) is 16.7 Å². The second-order valence-corrected chi connectivity index (χ2v) is 3.55. The fraction of sp³-hybridized carbons (Fsp3) is 0. The Morgan fingerprint density at radius 2 is 2.38 bits per heavy atom. The van der Waals surface area contributed by atoms with Crippen LogP contribution in [-0.2, 0) is 0 Å². The molecule has 1 aromatic rings. The van der Waals surface area contributed by atoms with Crippen molar-refractivity contribution < 1.29 is 4.79 Å². The van der Waals surface area contributed by atoms with Crippen molar-refractivity contribution in [2.45, 2.75) is 0 Å². The van der Waals surface area contributed by atoms with Gasteiger partial charge in [0.2, 0.25) is 5.78 Å². The lowest BCUT2D eigenvalue weighted by Crippen LogP contribution is -2.14. The Hall–Kier alpha value is -2.00. The number of pyridine rings is 1. The van der Waals surface area contributed by atoms with E-state index in [1.165, 1.54) is 6.20 Å². The maximum atomic E-state index is 11.7. The minimum absolute atomic E-state index is 0.166. The van der Waals surface area contributed by atoms with E-state index in [1.807, 2.05) is 0 Å². The van der Waals surface area contributed by atoms with Crippen LogP contribution in [0.1, 0.15) is 10.4 Å². The third-order valence-electron chi connectivity index (χ3n) is 1.69. The number of hydrogen-bond donors (Lipinski definition) is 2. The van der Waals surface area contributed by atoms with Crippen molar-refractivity contribution >= 4 is 27.4 Å². The Bertz CT molecular complexity index is 516. The first-order valence-corrected chi connectivity index (χ1v) is 4.96. The first kappa shape index (κ1) is 12.1. The SMILES string of the molecule is N#CC(=N)/C=C(\N)C(=O)c1cccnc1Br. The summed E-state index contributed by atoms with van der Waals surface area (Å²) in [5, 5.41) is 15.5. The first-order valence-electron chi connectivity index (χ1n) is 4.17. The minimum atomic E-state index is -0.472. The molecule has 0 aromatic carbocycles. The van der Waals surface area contributed by atoms with Crippen LogP contribution in [0.25, 0.3) is 0 Å². The van der Waals surface area contributed by atoms with E-state index < -0.39 is 5.78 Å². The van der Waals surface area contributed by atoms with Gasteiger partial charge in [-0.15, -0.1) is 0 Å². The Balaban J connectivity index is 3.05. The number of halogens is 1. The molecule has 80 valence electrons. The molecule has 0 radical (unpaired) electrons. The quantitative estimate of drug-likeness (QED) is 0.378. The van der Waals surface area contributed by atoms with Crippen LogP contribution >= 0.6 is 15.9 Å². The second kappa shape index (κ2) is 5.19. The molecule has 0 unspecified atom stereocenters. The molecule has 1 aromatic heterocycles. The number of nitriles is 1. The van der Waals surface area contributed by atoms with E-state index in [-0.39, 0.29) is 11.4 Å². The predicted molar refractivity (Wildman–Crippen MR) is 61.9 cm³/mol. The number of nitrogens with zero attached hydrogens (tertiary/aromatic N) is 2. The van der Waals surface area contributed by atoms with Crippen molar-refractivity contribution in [2.75, 3.05) is 0 Å². The summed E-state index contributed by atoms with van der Waals surface area (Å²) in [6, 6.07) is 4.71. The maximum absolute atomic E-state index is 11.7. The highest BCUT2D eigenvalue weighted by molar-refractivity contribution is 9.10. The summed E-state index contributed by atoms with van der Waals surface area (Å²) in [4.78, 5) is 15.6. The average molecular weight is 279 g/mol. The van der Waals surface area contributed by atoms with Gasteiger partial charge in [0.25, 0.3) is 0 Å². The molecular weight excluding hydrogens is 272 g/mol. The van der Waals surface area contributed by atoms with E-state index in [0.717, 1.165) is 6.08 Å². The monoisotopic (exact) mass is 278 g/mol. The zero-order valence-electron chi connectivity index (χ0n) is 8.07. The predicted octanol–water partition coefficient (Wildman–Crippen LogP) is 1.41. The fourth-order valence-electron chi connectivity index (χ4n) is 0.964. The summed E-state index contributed by atoms with van der Waals surface area (Å²) in [6.07, 6.45) is 2.54. The summed E-state index contributed by atoms with van der Waals surface area (Å²) >= 11 is 3.12. The molecule has 0 spiro atoms. The molecule has 0 saturated carbocycles. The molecular formula is C10H7BrN4O. The highest BCUT2D eigenvalue weighted by Gasteiger charge is 2.13. The van der Waals surface area contributed by atoms with E-state index >= 15 is 0 Å². The number of nitrogens with one attached hydrogen (secondary N) is 1. The lowest BCUT2D eigenvalue weighted by Gasteiger charge is -2.01. The molecule has 0 aliphatic rings. The van der Waals surface area contributed by atoms with Gasteiger partial charge >= 0.3 is 0 Å².